The van der Waals surface area contributed by atoms with Crippen molar-refractivity contribution in [2.45, 2.75) is 52.1 Å². The number of ketones is 1. The smallest absolute Gasteiger partial charge is 0.327 e. The molecule has 1 N–H and O–H groups in total. The maximum Gasteiger partial charge on any atom is 0.327 e. The van der Waals surface area contributed by atoms with Gasteiger partial charge in [0, 0.05) is 22.1 Å². The predicted octanol–water partition coefficient (Wildman–Crippen LogP) is 5.68. The summed E-state index contributed by atoms with van der Waals surface area (Å²) >= 11 is 2.87. The van der Waals surface area contributed by atoms with Gasteiger partial charge in [-0.15, -0.1) is 22.7 Å². The Labute approximate surface area is 200 Å². The standard InChI is InChI=1S/C25H27NO5S2/c1-13(2)12-18(27)26-21(17-6-5-10-32-17)19(23(28)16-8-7-15(4)31-16)20(22(26)25(29)30)24-14(3)9-11-33-24/h5-11,13,19-22H,12H2,1-4H3,(H,29,30). The van der Waals surface area contributed by atoms with E-state index in [1.165, 1.54) is 27.6 Å². The topological polar surface area (TPSA) is 87.8 Å². The van der Waals surface area contributed by atoms with E-state index in [0.717, 1.165) is 15.3 Å². The highest BCUT2D eigenvalue weighted by Gasteiger charge is 2.58. The van der Waals surface area contributed by atoms with Crippen LogP contribution in [0.4, 0.5) is 0 Å². The number of carboxylic acid groups (broad SMARTS) is 1. The molecule has 0 bridgehead atoms. The van der Waals surface area contributed by atoms with Crippen LogP contribution in [0.2, 0.25) is 0 Å². The Morgan fingerprint density at radius 3 is 2.36 bits per heavy atom. The predicted molar refractivity (Wildman–Crippen MR) is 128 cm³/mol. The number of hydrogen-bond donors (Lipinski definition) is 1. The van der Waals surface area contributed by atoms with Gasteiger partial charge >= 0.3 is 5.97 Å². The first-order valence-electron chi connectivity index (χ1n) is 10.9. The van der Waals surface area contributed by atoms with E-state index in [1.54, 1.807) is 19.1 Å². The van der Waals surface area contributed by atoms with E-state index in [-0.39, 0.29) is 29.8 Å². The zero-order valence-corrected chi connectivity index (χ0v) is 20.6. The lowest BCUT2D eigenvalue weighted by atomic mass is 9.80. The van der Waals surface area contributed by atoms with E-state index in [4.69, 9.17) is 4.42 Å². The summed E-state index contributed by atoms with van der Waals surface area (Å²) < 4.78 is 5.68. The van der Waals surface area contributed by atoms with Gasteiger partial charge in [0.15, 0.2) is 5.76 Å². The molecule has 33 heavy (non-hydrogen) atoms. The highest BCUT2D eigenvalue weighted by atomic mass is 32.1. The van der Waals surface area contributed by atoms with E-state index >= 15 is 0 Å². The van der Waals surface area contributed by atoms with Crippen LogP contribution in [0.3, 0.4) is 0 Å². The first kappa shape index (κ1) is 23.4. The van der Waals surface area contributed by atoms with E-state index in [1.807, 2.05) is 49.7 Å². The summed E-state index contributed by atoms with van der Waals surface area (Å²) in [5.41, 5.74) is 0.924. The first-order valence-corrected chi connectivity index (χ1v) is 12.7. The van der Waals surface area contributed by atoms with Gasteiger partial charge in [0.1, 0.15) is 11.8 Å². The van der Waals surface area contributed by atoms with Crippen LogP contribution in [-0.2, 0) is 9.59 Å². The molecule has 0 aromatic carbocycles. The molecule has 0 saturated carbocycles. The second-order valence-corrected chi connectivity index (χ2v) is 10.9. The third-order valence-electron chi connectivity index (χ3n) is 6.12. The number of hydrogen-bond acceptors (Lipinski definition) is 6. The average molecular weight is 486 g/mol. The number of carboxylic acids is 1. The number of likely N-dealkylation sites (tertiary alicyclic amines) is 1. The van der Waals surface area contributed by atoms with Crippen molar-refractivity contribution in [2.75, 3.05) is 0 Å². The molecule has 4 heterocycles. The summed E-state index contributed by atoms with van der Waals surface area (Å²) in [6.45, 7) is 7.54. The number of aryl methyl sites for hydroxylation is 2. The summed E-state index contributed by atoms with van der Waals surface area (Å²) in [6, 6.07) is 7.20. The van der Waals surface area contributed by atoms with Gasteiger partial charge in [-0.2, -0.15) is 0 Å². The van der Waals surface area contributed by atoms with Crippen LogP contribution >= 0.6 is 22.7 Å². The van der Waals surface area contributed by atoms with Crippen LogP contribution in [0, 0.1) is 25.7 Å². The summed E-state index contributed by atoms with van der Waals surface area (Å²) in [5, 5.41) is 14.2. The van der Waals surface area contributed by atoms with Crippen molar-refractivity contribution in [1.29, 1.82) is 0 Å². The molecule has 4 unspecified atom stereocenters. The summed E-state index contributed by atoms with van der Waals surface area (Å²) in [7, 11) is 0. The van der Waals surface area contributed by atoms with Crippen molar-refractivity contribution in [3.63, 3.8) is 0 Å². The number of furan rings is 1. The maximum absolute atomic E-state index is 13.9. The number of nitrogens with zero attached hydrogens (tertiary/aromatic N) is 1. The van der Waals surface area contributed by atoms with E-state index in [2.05, 4.69) is 0 Å². The number of carbonyl (C=O) groups excluding carboxylic acids is 2. The molecule has 0 aliphatic carbocycles. The van der Waals surface area contributed by atoms with Crippen molar-refractivity contribution in [3.8, 4) is 0 Å². The Morgan fingerprint density at radius 1 is 1.09 bits per heavy atom. The molecular formula is C25H27NO5S2. The molecule has 8 heteroatoms. The molecule has 1 amide bonds. The van der Waals surface area contributed by atoms with Crippen molar-refractivity contribution in [2.24, 2.45) is 11.8 Å². The number of carbonyl (C=O) groups is 3. The molecule has 1 saturated heterocycles. The lowest BCUT2D eigenvalue weighted by Crippen LogP contribution is -2.44. The fourth-order valence-electron chi connectivity index (χ4n) is 4.79. The number of aliphatic carboxylic acids is 1. The molecule has 0 radical (unpaired) electrons. The van der Waals surface area contributed by atoms with Gasteiger partial charge in [0.25, 0.3) is 0 Å². The monoisotopic (exact) mass is 485 g/mol. The maximum atomic E-state index is 13.9. The van der Waals surface area contributed by atoms with Crippen LogP contribution in [0.5, 0.6) is 0 Å². The van der Waals surface area contributed by atoms with Crippen molar-refractivity contribution < 1.29 is 23.9 Å². The van der Waals surface area contributed by atoms with Crippen LogP contribution < -0.4 is 0 Å². The van der Waals surface area contributed by atoms with Gasteiger partial charge in [-0.3, -0.25) is 9.59 Å². The fraction of sp³-hybridized carbons (Fsp3) is 0.400. The SMILES string of the molecule is Cc1ccc(C(=O)C2C(c3sccc3C)C(C(=O)O)N(C(=O)CC(C)C)C2c2cccs2)o1. The quantitative estimate of drug-likeness (QED) is 0.435. The van der Waals surface area contributed by atoms with Gasteiger partial charge in [0.05, 0.1) is 12.0 Å². The lowest BCUT2D eigenvalue weighted by molar-refractivity contribution is -0.150. The molecule has 3 aromatic heterocycles. The second kappa shape index (κ2) is 9.27. The lowest BCUT2D eigenvalue weighted by Gasteiger charge is -2.30. The molecule has 1 aliphatic rings. The van der Waals surface area contributed by atoms with Crippen molar-refractivity contribution in [3.05, 3.63) is 67.9 Å². The molecular weight excluding hydrogens is 458 g/mol. The Bertz CT molecular complexity index is 1160. The molecule has 1 aliphatic heterocycles. The number of rotatable bonds is 7. The number of Topliss-reactive ketones (excluding diaryl/α,β-unsaturated/α-hetero) is 1. The van der Waals surface area contributed by atoms with E-state index in [0.29, 0.717) is 5.76 Å². The van der Waals surface area contributed by atoms with Crippen LogP contribution in [0.15, 0.2) is 45.5 Å². The molecule has 4 rings (SSSR count). The van der Waals surface area contributed by atoms with Gasteiger partial charge in [-0.05, 0) is 60.4 Å². The van der Waals surface area contributed by atoms with Gasteiger partial charge in [-0.25, -0.2) is 4.79 Å². The minimum atomic E-state index is -1.15. The molecule has 0 spiro atoms. The highest BCUT2D eigenvalue weighted by Crippen LogP contribution is 2.54. The van der Waals surface area contributed by atoms with Crippen molar-refractivity contribution >= 4 is 40.3 Å². The Hall–Kier alpha value is -2.71. The molecule has 4 atom stereocenters. The van der Waals surface area contributed by atoms with Crippen LogP contribution in [0.1, 0.15) is 63.9 Å². The van der Waals surface area contributed by atoms with Crippen LogP contribution in [-0.4, -0.2) is 33.7 Å². The van der Waals surface area contributed by atoms with Gasteiger partial charge in [0.2, 0.25) is 11.7 Å². The molecule has 3 aromatic rings. The summed E-state index contributed by atoms with van der Waals surface area (Å²) in [4.78, 5) is 43.3. The zero-order valence-electron chi connectivity index (χ0n) is 19.0. The van der Waals surface area contributed by atoms with Crippen molar-refractivity contribution in [1.82, 2.24) is 4.90 Å². The van der Waals surface area contributed by atoms with Gasteiger partial charge in [-0.1, -0.05) is 19.9 Å². The number of amides is 1. The second-order valence-electron chi connectivity index (χ2n) is 8.94. The minimum Gasteiger partial charge on any atom is -0.480 e. The zero-order chi connectivity index (χ0) is 23.9. The normalized spacial score (nSPS) is 22.8. The van der Waals surface area contributed by atoms with E-state index in [9.17, 15) is 19.5 Å². The molecule has 174 valence electrons. The largest absolute Gasteiger partial charge is 0.480 e. The molecule has 6 nitrogen and oxygen atoms in total. The highest BCUT2D eigenvalue weighted by molar-refractivity contribution is 7.10. The Morgan fingerprint density at radius 2 is 1.85 bits per heavy atom. The molecule has 1 fully saturated rings. The summed E-state index contributed by atoms with van der Waals surface area (Å²) in [6.07, 6.45) is 0.211. The Kier molecular flexibility index (Phi) is 6.59. The Balaban J connectivity index is 1.95. The average Bonchev–Trinajstić information content (AvgIpc) is 3.52. The first-order chi connectivity index (χ1) is 15.7. The third-order valence-corrected chi connectivity index (χ3v) is 8.18. The van der Waals surface area contributed by atoms with Crippen LogP contribution in [0.25, 0.3) is 0 Å². The van der Waals surface area contributed by atoms with E-state index < -0.39 is 29.9 Å². The summed E-state index contributed by atoms with van der Waals surface area (Å²) in [5.74, 6) is -2.22. The minimum absolute atomic E-state index is 0.0559. The number of thiophene rings is 2. The fourth-order valence-corrected chi connectivity index (χ4v) is 6.77. The third kappa shape index (κ3) is 4.29. The van der Waals surface area contributed by atoms with Gasteiger partial charge < -0.3 is 14.4 Å².